The van der Waals surface area contributed by atoms with Crippen molar-refractivity contribution in [3.8, 4) is 0 Å². The van der Waals surface area contributed by atoms with Crippen LogP contribution in [-0.4, -0.2) is 22.1 Å². The predicted octanol–water partition coefficient (Wildman–Crippen LogP) is 5.16. The van der Waals surface area contributed by atoms with Gasteiger partial charge in [-0.15, -0.1) is 0 Å². The van der Waals surface area contributed by atoms with Crippen molar-refractivity contribution in [3.05, 3.63) is 101 Å². The Morgan fingerprint density at radius 2 is 1.74 bits per heavy atom. The Balaban J connectivity index is 1.86. The Labute approximate surface area is 178 Å². The fraction of sp³-hybridized carbons (Fsp3) is 0.120. The Morgan fingerprint density at radius 3 is 2.52 bits per heavy atom. The highest BCUT2D eigenvalue weighted by Crippen LogP contribution is 2.42. The highest BCUT2D eigenvalue weighted by molar-refractivity contribution is 6.03. The van der Waals surface area contributed by atoms with Crippen molar-refractivity contribution in [3.63, 3.8) is 0 Å². The zero-order valence-electron chi connectivity index (χ0n) is 16.9. The number of carbonyl (C=O) groups excluding carboxylic acids is 1. The van der Waals surface area contributed by atoms with E-state index in [0.29, 0.717) is 22.8 Å². The first-order valence-electron chi connectivity index (χ1n) is 10.1. The molecule has 1 aromatic heterocycles. The summed E-state index contributed by atoms with van der Waals surface area (Å²) in [6.45, 7) is 1.97. The third kappa shape index (κ3) is 3.17. The maximum Gasteiger partial charge on any atom is 0.338 e. The smallest absolute Gasteiger partial charge is 0.338 e. The molecule has 0 saturated carbocycles. The molecule has 0 fully saturated rings. The third-order valence-corrected chi connectivity index (χ3v) is 5.39. The number of nitrogens with one attached hydrogen (secondary N) is 1. The predicted molar refractivity (Wildman–Crippen MR) is 118 cm³/mol. The van der Waals surface area contributed by atoms with Gasteiger partial charge in [0.05, 0.1) is 35.0 Å². The van der Waals surface area contributed by atoms with Gasteiger partial charge >= 0.3 is 5.97 Å². The maximum absolute atomic E-state index is 15.1. The standard InChI is InChI=1S/C25H20FN3O2/c1-2-31-24(30)21-22(16-10-4-3-5-11-16)28-25-27-19-14-8-9-15-20(19)29(25)23(21)17-12-6-7-13-18(17)26/h3-15,23H,2H2,1H3,(H,27,28)/t23-/m0/s1. The zero-order chi connectivity index (χ0) is 21.4. The fourth-order valence-corrected chi connectivity index (χ4v) is 4.09. The SMILES string of the molecule is CCOC(=O)C1=C(c2ccccc2)Nc2nc3ccccc3n2[C@H]1c1ccccc1F. The Hall–Kier alpha value is -3.93. The van der Waals surface area contributed by atoms with Crippen LogP contribution in [0.3, 0.4) is 0 Å². The minimum absolute atomic E-state index is 0.214. The van der Waals surface area contributed by atoms with Gasteiger partial charge in [-0.05, 0) is 30.7 Å². The second-order valence-corrected chi connectivity index (χ2v) is 7.22. The Morgan fingerprint density at radius 1 is 1.03 bits per heavy atom. The van der Waals surface area contributed by atoms with E-state index in [2.05, 4.69) is 5.32 Å². The molecule has 3 aromatic carbocycles. The number of rotatable bonds is 4. The van der Waals surface area contributed by atoms with E-state index in [4.69, 9.17) is 9.72 Å². The molecule has 5 rings (SSSR count). The summed E-state index contributed by atoms with van der Waals surface area (Å²) in [5.74, 6) is -0.348. The molecular weight excluding hydrogens is 393 g/mol. The third-order valence-electron chi connectivity index (χ3n) is 5.39. The highest BCUT2D eigenvalue weighted by atomic mass is 19.1. The second kappa shape index (κ2) is 7.72. The van der Waals surface area contributed by atoms with Crippen molar-refractivity contribution in [1.82, 2.24) is 9.55 Å². The number of hydrogen-bond donors (Lipinski definition) is 1. The van der Waals surface area contributed by atoms with E-state index in [1.165, 1.54) is 6.07 Å². The molecule has 4 aromatic rings. The average Bonchev–Trinajstić information content (AvgIpc) is 3.17. The number of aromatic nitrogens is 2. The first kappa shape index (κ1) is 19.1. The van der Waals surface area contributed by atoms with Crippen LogP contribution in [-0.2, 0) is 9.53 Å². The molecule has 6 heteroatoms. The molecule has 2 heterocycles. The normalized spacial score (nSPS) is 15.5. The summed E-state index contributed by atoms with van der Waals surface area (Å²) < 4.78 is 22.4. The molecule has 1 aliphatic heterocycles. The van der Waals surface area contributed by atoms with Crippen LogP contribution in [0.4, 0.5) is 10.3 Å². The number of para-hydroxylation sites is 2. The van der Waals surface area contributed by atoms with E-state index in [0.717, 1.165) is 16.6 Å². The van der Waals surface area contributed by atoms with Gasteiger partial charge in [0.2, 0.25) is 5.95 Å². The largest absolute Gasteiger partial charge is 0.463 e. The highest BCUT2D eigenvalue weighted by Gasteiger charge is 2.37. The summed E-state index contributed by atoms with van der Waals surface area (Å²) in [6.07, 6.45) is 0. The summed E-state index contributed by atoms with van der Waals surface area (Å²) in [6, 6.07) is 22.9. The molecule has 31 heavy (non-hydrogen) atoms. The first-order valence-corrected chi connectivity index (χ1v) is 10.1. The van der Waals surface area contributed by atoms with Crippen molar-refractivity contribution in [1.29, 1.82) is 0 Å². The second-order valence-electron chi connectivity index (χ2n) is 7.22. The van der Waals surface area contributed by atoms with Crippen molar-refractivity contribution < 1.29 is 13.9 Å². The minimum atomic E-state index is -0.737. The van der Waals surface area contributed by atoms with Gasteiger partial charge in [-0.2, -0.15) is 0 Å². The van der Waals surface area contributed by atoms with Gasteiger partial charge in [0, 0.05) is 5.56 Å². The number of anilines is 1. The number of esters is 1. The van der Waals surface area contributed by atoms with E-state index in [9.17, 15) is 4.79 Å². The van der Waals surface area contributed by atoms with E-state index >= 15 is 4.39 Å². The summed E-state index contributed by atoms with van der Waals surface area (Å²) in [5.41, 5.74) is 3.63. The molecule has 0 unspecified atom stereocenters. The molecule has 0 radical (unpaired) electrons. The molecule has 0 aliphatic carbocycles. The van der Waals surface area contributed by atoms with Gasteiger partial charge in [0.15, 0.2) is 0 Å². The van der Waals surface area contributed by atoms with Gasteiger partial charge in [0.1, 0.15) is 5.82 Å². The monoisotopic (exact) mass is 413 g/mol. The Kier molecular flexibility index (Phi) is 4.75. The van der Waals surface area contributed by atoms with Crippen LogP contribution >= 0.6 is 0 Å². The number of fused-ring (bicyclic) bond motifs is 3. The number of hydrogen-bond acceptors (Lipinski definition) is 4. The van der Waals surface area contributed by atoms with E-state index < -0.39 is 17.8 Å². The van der Waals surface area contributed by atoms with Crippen molar-refractivity contribution >= 4 is 28.6 Å². The van der Waals surface area contributed by atoms with Crippen molar-refractivity contribution in [2.45, 2.75) is 13.0 Å². The summed E-state index contributed by atoms with van der Waals surface area (Å²) >= 11 is 0. The molecule has 0 bridgehead atoms. The number of halogens is 1. The van der Waals surface area contributed by atoms with Gasteiger partial charge in [0.25, 0.3) is 0 Å². The number of benzene rings is 3. The lowest BCUT2D eigenvalue weighted by molar-refractivity contribution is -0.138. The molecule has 5 nitrogen and oxygen atoms in total. The molecule has 0 saturated heterocycles. The topological polar surface area (TPSA) is 56.1 Å². The number of ether oxygens (including phenoxy) is 1. The molecule has 154 valence electrons. The van der Waals surface area contributed by atoms with Crippen molar-refractivity contribution in [2.75, 3.05) is 11.9 Å². The molecular formula is C25H20FN3O2. The lowest BCUT2D eigenvalue weighted by Gasteiger charge is -2.31. The lowest BCUT2D eigenvalue weighted by atomic mass is 9.92. The number of nitrogens with zero attached hydrogens (tertiary/aromatic N) is 2. The van der Waals surface area contributed by atoms with E-state index in [1.54, 1.807) is 25.1 Å². The van der Waals surface area contributed by atoms with Crippen LogP contribution in [0, 0.1) is 5.82 Å². The van der Waals surface area contributed by atoms with E-state index in [-0.39, 0.29) is 6.61 Å². The number of imidazole rings is 1. The van der Waals surface area contributed by atoms with Gasteiger partial charge in [-0.25, -0.2) is 14.2 Å². The van der Waals surface area contributed by atoms with E-state index in [1.807, 2.05) is 59.2 Å². The quantitative estimate of drug-likeness (QED) is 0.469. The first-order chi connectivity index (χ1) is 15.2. The molecule has 0 spiro atoms. The van der Waals surface area contributed by atoms with Gasteiger partial charge < -0.3 is 10.1 Å². The van der Waals surface area contributed by atoms with Gasteiger partial charge in [-0.1, -0.05) is 60.7 Å². The minimum Gasteiger partial charge on any atom is -0.463 e. The lowest BCUT2D eigenvalue weighted by Crippen LogP contribution is -2.29. The fourth-order valence-electron chi connectivity index (χ4n) is 4.09. The molecule has 1 aliphatic rings. The van der Waals surface area contributed by atoms with Crippen molar-refractivity contribution in [2.24, 2.45) is 0 Å². The van der Waals surface area contributed by atoms with Crippen LogP contribution in [0.1, 0.15) is 24.1 Å². The van der Waals surface area contributed by atoms with Crippen LogP contribution in [0.25, 0.3) is 16.7 Å². The molecule has 0 amide bonds. The Bertz CT molecular complexity index is 1310. The summed E-state index contributed by atoms with van der Waals surface area (Å²) in [4.78, 5) is 18.0. The van der Waals surface area contributed by atoms with Gasteiger partial charge in [-0.3, -0.25) is 4.57 Å². The summed E-state index contributed by atoms with van der Waals surface area (Å²) in [7, 11) is 0. The zero-order valence-corrected chi connectivity index (χ0v) is 16.9. The van der Waals surface area contributed by atoms with Crippen LogP contribution in [0.5, 0.6) is 0 Å². The number of carbonyl (C=O) groups is 1. The maximum atomic E-state index is 15.1. The van der Waals surface area contributed by atoms with Crippen LogP contribution < -0.4 is 5.32 Å². The van der Waals surface area contributed by atoms with Crippen LogP contribution in [0.15, 0.2) is 84.4 Å². The summed E-state index contributed by atoms with van der Waals surface area (Å²) in [5, 5.41) is 3.32. The van der Waals surface area contributed by atoms with Crippen LogP contribution in [0.2, 0.25) is 0 Å². The molecule has 1 atom stereocenters. The molecule has 1 N–H and O–H groups in total. The average molecular weight is 413 g/mol.